The molecular weight excluding hydrogens is 275 g/mol. The van der Waals surface area contributed by atoms with Gasteiger partial charge in [0.05, 0.1) is 0 Å². The molecule has 0 aliphatic rings. The highest BCUT2D eigenvalue weighted by atomic mass is 32.1. The van der Waals surface area contributed by atoms with E-state index in [0.29, 0.717) is 0 Å². The van der Waals surface area contributed by atoms with Crippen molar-refractivity contribution in [2.24, 2.45) is 0 Å². The summed E-state index contributed by atoms with van der Waals surface area (Å²) >= 11 is 1.39. The van der Waals surface area contributed by atoms with Crippen LogP contribution >= 0.6 is 11.5 Å². The van der Waals surface area contributed by atoms with Crippen molar-refractivity contribution in [1.29, 1.82) is 0 Å². The molecule has 0 amide bonds. The number of hydrogen-bond acceptors (Lipinski definition) is 5. The van der Waals surface area contributed by atoms with Gasteiger partial charge in [-0.2, -0.15) is 0 Å². The molecule has 0 bridgehead atoms. The Hall–Kier alpha value is -1.53. The van der Waals surface area contributed by atoms with Gasteiger partial charge in [0, 0.05) is 31.2 Å². The molecule has 0 saturated carbocycles. The van der Waals surface area contributed by atoms with Gasteiger partial charge in [0.2, 0.25) is 0 Å². The van der Waals surface area contributed by atoms with E-state index in [9.17, 15) is 4.39 Å². The highest BCUT2D eigenvalue weighted by molar-refractivity contribution is 7.10. The summed E-state index contributed by atoms with van der Waals surface area (Å²) in [5.74, 6) is -0.203. The minimum atomic E-state index is -0.203. The standard InChI is InChI=1S/C14H19FN4S/c1-3-8-16-14-13(17-18-20-14)10-19(2)9-11-4-6-12(15)7-5-11/h4-7,16H,3,8-10H2,1-2H3. The third kappa shape index (κ3) is 4.25. The van der Waals surface area contributed by atoms with E-state index in [0.717, 1.165) is 42.3 Å². The number of aromatic nitrogens is 2. The molecule has 0 atom stereocenters. The number of nitrogens with one attached hydrogen (secondary N) is 1. The fourth-order valence-electron chi connectivity index (χ4n) is 1.90. The molecule has 6 heteroatoms. The van der Waals surface area contributed by atoms with Crippen LogP contribution in [0.25, 0.3) is 0 Å². The maximum absolute atomic E-state index is 12.9. The Kier molecular flexibility index (Phi) is 5.43. The molecule has 1 heterocycles. The lowest BCUT2D eigenvalue weighted by Gasteiger charge is -2.16. The number of rotatable bonds is 7. The smallest absolute Gasteiger partial charge is 0.134 e. The molecule has 4 nitrogen and oxygen atoms in total. The summed E-state index contributed by atoms with van der Waals surface area (Å²) in [4.78, 5) is 2.14. The molecule has 0 radical (unpaired) electrons. The van der Waals surface area contributed by atoms with E-state index in [-0.39, 0.29) is 5.82 Å². The van der Waals surface area contributed by atoms with Crippen molar-refractivity contribution in [2.75, 3.05) is 18.9 Å². The topological polar surface area (TPSA) is 41.1 Å². The Bertz CT molecular complexity index is 526. The Morgan fingerprint density at radius 1 is 1.25 bits per heavy atom. The molecule has 1 N–H and O–H groups in total. The van der Waals surface area contributed by atoms with Crippen molar-refractivity contribution in [1.82, 2.24) is 14.5 Å². The molecule has 0 aliphatic heterocycles. The van der Waals surface area contributed by atoms with Gasteiger partial charge in [-0.25, -0.2) is 4.39 Å². The summed E-state index contributed by atoms with van der Waals surface area (Å²) < 4.78 is 16.9. The third-order valence-corrected chi connectivity index (χ3v) is 3.60. The summed E-state index contributed by atoms with van der Waals surface area (Å²) in [7, 11) is 2.02. The van der Waals surface area contributed by atoms with E-state index in [4.69, 9.17) is 0 Å². The molecule has 0 fully saturated rings. The van der Waals surface area contributed by atoms with Crippen molar-refractivity contribution in [2.45, 2.75) is 26.4 Å². The molecule has 0 unspecified atom stereocenters. The molecule has 2 rings (SSSR count). The van der Waals surface area contributed by atoms with E-state index in [1.54, 1.807) is 12.1 Å². The molecule has 1 aromatic carbocycles. The second-order valence-corrected chi connectivity index (χ2v) is 5.53. The van der Waals surface area contributed by atoms with Gasteiger partial charge in [0.1, 0.15) is 16.5 Å². The van der Waals surface area contributed by atoms with Gasteiger partial charge in [0.15, 0.2) is 0 Å². The van der Waals surface area contributed by atoms with Gasteiger partial charge in [0.25, 0.3) is 0 Å². The molecule has 2 aromatic rings. The normalized spacial score (nSPS) is 11.0. The molecule has 0 aliphatic carbocycles. The highest BCUT2D eigenvalue weighted by Crippen LogP contribution is 2.19. The van der Waals surface area contributed by atoms with Crippen LogP contribution in [0.2, 0.25) is 0 Å². The predicted molar refractivity (Wildman–Crippen MR) is 80.3 cm³/mol. The van der Waals surface area contributed by atoms with Gasteiger partial charge in [-0.05, 0) is 31.2 Å². The quantitative estimate of drug-likeness (QED) is 0.852. The zero-order chi connectivity index (χ0) is 14.4. The summed E-state index contributed by atoms with van der Waals surface area (Å²) in [5.41, 5.74) is 2.05. The van der Waals surface area contributed by atoms with Crippen LogP contribution in [0.4, 0.5) is 9.39 Å². The molecular formula is C14H19FN4S. The fourth-order valence-corrected chi connectivity index (χ4v) is 2.50. The van der Waals surface area contributed by atoms with E-state index in [1.807, 2.05) is 7.05 Å². The average Bonchev–Trinajstić information content (AvgIpc) is 2.86. The van der Waals surface area contributed by atoms with Crippen molar-refractivity contribution in [3.8, 4) is 0 Å². The minimum Gasteiger partial charge on any atom is -0.374 e. The third-order valence-electron chi connectivity index (χ3n) is 2.88. The number of halogens is 1. The Balaban J connectivity index is 1.92. The van der Waals surface area contributed by atoms with Crippen LogP contribution in [-0.4, -0.2) is 28.1 Å². The first kappa shape index (κ1) is 14.9. The van der Waals surface area contributed by atoms with E-state index < -0.39 is 0 Å². The van der Waals surface area contributed by atoms with Crippen LogP contribution in [-0.2, 0) is 13.1 Å². The highest BCUT2D eigenvalue weighted by Gasteiger charge is 2.10. The number of hydrogen-bond donors (Lipinski definition) is 1. The molecule has 0 saturated heterocycles. The van der Waals surface area contributed by atoms with Gasteiger partial charge >= 0.3 is 0 Å². The zero-order valence-corrected chi connectivity index (χ0v) is 12.6. The minimum absolute atomic E-state index is 0.203. The van der Waals surface area contributed by atoms with Crippen LogP contribution in [0, 0.1) is 5.82 Å². The predicted octanol–water partition coefficient (Wildman–Crippen LogP) is 3.13. The monoisotopic (exact) mass is 294 g/mol. The zero-order valence-electron chi connectivity index (χ0n) is 11.8. The van der Waals surface area contributed by atoms with Gasteiger partial charge < -0.3 is 5.32 Å². The van der Waals surface area contributed by atoms with Crippen molar-refractivity contribution >= 4 is 16.5 Å². The van der Waals surface area contributed by atoms with Crippen LogP contribution in [0.5, 0.6) is 0 Å². The Morgan fingerprint density at radius 3 is 2.70 bits per heavy atom. The maximum atomic E-state index is 12.9. The Labute approximate surface area is 122 Å². The van der Waals surface area contributed by atoms with Gasteiger partial charge in [-0.15, -0.1) is 5.10 Å². The summed E-state index contributed by atoms with van der Waals surface area (Å²) in [5, 5.41) is 8.55. The summed E-state index contributed by atoms with van der Waals surface area (Å²) in [6.45, 7) is 4.53. The van der Waals surface area contributed by atoms with E-state index >= 15 is 0 Å². The van der Waals surface area contributed by atoms with Crippen LogP contribution in [0.1, 0.15) is 24.6 Å². The van der Waals surface area contributed by atoms with E-state index in [2.05, 4.69) is 26.7 Å². The molecule has 1 aromatic heterocycles. The second kappa shape index (κ2) is 7.31. The molecule has 20 heavy (non-hydrogen) atoms. The van der Waals surface area contributed by atoms with Crippen LogP contribution in [0.3, 0.4) is 0 Å². The average molecular weight is 294 g/mol. The van der Waals surface area contributed by atoms with Crippen LogP contribution < -0.4 is 5.32 Å². The van der Waals surface area contributed by atoms with Crippen molar-refractivity contribution in [3.63, 3.8) is 0 Å². The Morgan fingerprint density at radius 2 is 2.00 bits per heavy atom. The van der Waals surface area contributed by atoms with Crippen molar-refractivity contribution in [3.05, 3.63) is 41.3 Å². The lowest BCUT2D eigenvalue weighted by molar-refractivity contribution is 0.315. The first-order chi connectivity index (χ1) is 9.69. The second-order valence-electron chi connectivity index (χ2n) is 4.77. The first-order valence-electron chi connectivity index (χ1n) is 6.67. The number of benzene rings is 1. The largest absolute Gasteiger partial charge is 0.374 e. The van der Waals surface area contributed by atoms with Gasteiger partial charge in [-0.3, -0.25) is 4.90 Å². The van der Waals surface area contributed by atoms with Gasteiger partial charge in [-0.1, -0.05) is 23.5 Å². The fraction of sp³-hybridized carbons (Fsp3) is 0.429. The SMILES string of the molecule is CCCNc1snnc1CN(C)Cc1ccc(F)cc1. The molecule has 0 spiro atoms. The lowest BCUT2D eigenvalue weighted by atomic mass is 10.2. The number of anilines is 1. The number of nitrogens with zero attached hydrogens (tertiary/aromatic N) is 3. The van der Waals surface area contributed by atoms with Crippen molar-refractivity contribution < 1.29 is 4.39 Å². The summed E-state index contributed by atoms with van der Waals surface area (Å²) in [6.07, 6.45) is 1.07. The maximum Gasteiger partial charge on any atom is 0.134 e. The first-order valence-corrected chi connectivity index (χ1v) is 7.44. The summed E-state index contributed by atoms with van der Waals surface area (Å²) in [6, 6.07) is 6.59. The van der Waals surface area contributed by atoms with E-state index in [1.165, 1.54) is 23.7 Å². The van der Waals surface area contributed by atoms with Crippen LogP contribution in [0.15, 0.2) is 24.3 Å². The lowest BCUT2D eigenvalue weighted by Crippen LogP contribution is -2.18. The molecule has 108 valence electrons.